The zero-order valence-corrected chi connectivity index (χ0v) is 8.80. The van der Waals surface area contributed by atoms with E-state index in [9.17, 15) is 43.9 Å². The van der Waals surface area contributed by atoms with Gasteiger partial charge in [0.1, 0.15) is 0 Å². The number of hydrogen-bond donors (Lipinski definition) is 1. The molecule has 0 bridgehead atoms. The van der Waals surface area contributed by atoms with Gasteiger partial charge >= 0.3 is 12.4 Å². The Bertz CT molecular complexity index is 489. The van der Waals surface area contributed by atoms with E-state index in [1.54, 1.807) is 0 Å². The van der Waals surface area contributed by atoms with Crippen LogP contribution < -0.4 is 0 Å². The summed E-state index contributed by atoms with van der Waals surface area (Å²) >= 11 is 0. The van der Waals surface area contributed by atoms with E-state index in [-0.39, 0.29) is 0 Å². The molecule has 0 spiro atoms. The van der Waals surface area contributed by atoms with Crippen LogP contribution in [0.4, 0.5) is 43.9 Å². The molecule has 0 aliphatic heterocycles. The lowest BCUT2D eigenvalue weighted by Gasteiger charge is -2.33. The van der Waals surface area contributed by atoms with E-state index < -0.39 is 52.9 Å². The molecular weight excluding hydrogens is 314 g/mol. The predicted molar refractivity (Wildman–Crippen MR) is 42.3 cm³/mol. The second-order valence-electron chi connectivity index (χ2n) is 3.55. The number of aliphatic hydroxyl groups is 1. The van der Waals surface area contributed by atoms with Gasteiger partial charge in [-0.15, -0.1) is 0 Å². The third-order valence-corrected chi connectivity index (χ3v) is 2.29. The summed E-state index contributed by atoms with van der Waals surface area (Å²) in [5.41, 5.74) is -9.31. The Kier molecular flexibility index (Phi) is 3.72. The van der Waals surface area contributed by atoms with Crippen LogP contribution in [0.5, 0.6) is 0 Å². The minimum Gasteiger partial charge on any atom is -0.369 e. The van der Waals surface area contributed by atoms with Crippen molar-refractivity contribution in [2.45, 2.75) is 18.0 Å². The van der Waals surface area contributed by atoms with Gasteiger partial charge in [0.05, 0.1) is 5.56 Å². The molecule has 0 radical (unpaired) electrons. The molecule has 0 saturated carbocycles. The molecule has 1 aromatic rings. The van der Waals surface area contributed by atoms with Crippen LogP contribution in [-0.2, 0) is 5.60 Å². The Labute approximate surface area is 103 Å². The zero-order valence-electron chi connectivity index (χ0n) is 8.80. The Balaban J connectivity index is 3.87. The molecule has 20 heavy (non-hydrogen) atoms. The molecule has 0 aromatic heterocycles. The summed E-state index contributed by atoms with van der Waals surface area (Å²) in [7, 11) is 0. The van der Waals surface area contributed by atoms with Gasteiger partial charge in [-0.3, -0.25) is 0 Å². The molecule has 0 unspecified atom stereocenters. The molecule has 0 heterocycles. The summed E-state index contributed by atoms with van der Waals surface area (Å²) in [5, 5.41) is 8.70. The highest BCUT2D eigenvalue weighted by molar-refractivity contribution is 5.31. The van der Waals surface area contributed by atoms with Gasteiger partial charge in [-0.2, -0.15) is 26.3 Å². The number of benzene rings is 1. The third-order valence-electron chi connectivity index (χ3n) is 2.29. The molecule has 114 valence electrons. The molecular formula is C9H2F10O. The van der Waals surface area contributed by atoms with Crippen molar-refractivity contribution in [3.8, 4) is 0 Å². The maximum atomic E-state index is 13.1. The fraction of sp³-hybridized carbons (Fsp3) is 0.333. The van der Waals surface area contributed by atoms with E-state index >= 15 is 0 Å². The van der Waals surface area contributed by atoms with Gasteiger partial charge in [0, 0.05) is 6.07 Å². The second-order valence-corrected chi connectivity index (χ2v) is 3.55. The zero-order chi connectivity index (χ0) is 16.1. The van der Waals surface area contributed by atoms with E-state index in [1.165, 1.54) is 0 Å². The minimum atomic E-state index is -6.67. The molecule has 0 fully saturated rings. The first-order chi connectivity index (χ1) is 8.75. The normalized spacial score (nSPS) is 13.8. The van der Waals surface area contributed by atoms with Gasteiger partial charge in [-0.25, -0.2) is 17.6 Å². The van der Waals surface area contributed by atoms with E-state index in [1.807, 2.05) is 0 Å². The number of rotatable bonds is 1. The van der Waals surface area contributed by atoms with Crippen LogP contribution in [-0.4, -0.2) is 17.5 Å². The van der Waals surface area contributed by atoms with Crippen molar-refractivity contribution in [3.05, 3.63) is 34.9 Å². The number of hydrogen-bond acceptors (Lipinski definition) is 1. The SMILES string of the molecule is OC(c1c(F)c(F)cc(F)c1F)(C(F)(F)F)C(F)(F)F. The molecule has 1 rings (SSSR count). The van der Waals surface area contributed by atoms with Crippen molar-refractivity contribution in [3.63, 3.8) is 0 Å². The highest BCUT2D eigenvalue weighted by Gasteiger charge is 2.73. The largest absolute Gasteiger partial charge is 0.430 e. The Morgan fingerprint density at radius 3 is 1.25 bits per heavy atom. The Hall–Kier alpha value is -1.52. The van der Waals surface area contributed by atoms with Gasteiger partial charge in [0.15, 0.2) is 23.3 Å². The summed E-state index contributed by atoms with van der Waals surface area (Å²) in [4.78, 5) is 0. The maximum absolute atomic E-state index is 13.1. The lowest BCUT2D eigenvalue weighted by molar-refractivity contribution is -0.377. The molecule has 0 aliphatic rings. The molecule has 0 aliphatic carbocycles. The molecule has 0 amide bonds. The predicted octanol–water partition coefficient (Wildman–Crippen LogP) is 3.56. The van der Waals surface area contributed by atoms with E-state index in [4.69, 9.17) is 5.11 Å². The summed E-state index contributed by atoms with van der Waals surface area (Å²) < 4.78 is 126. The van der Waals surface area contributed by atoms with Gasteiger partial charge in [-0.05, 0) is 0 Å². The van der Waals surface area contributed by atoms with Crippen LogP contribution in [0, 0.1) is 23.3 Å². The summed E-state index contributed by atoms with van der Waals surface area (Å²) in [6.07, 6.45) is -13.3. The standard InChI is InChI=1S/C9H2F10O/c10-2-1-3(11)6(13)4(5(2)12)7(20,8(14,15)16)9(17,18)19/h1,20H. The smallest absolute Gasteiger partial charge is 0.369 e. The van der Waals surface area contributed by atoms with Crippen molar-refractivity contribution < 1.29 is 49.0 Å². The van der Waals surface area contributed by atoms with Crippen molar-refractivity contribution >= 4 is 0 Å². The molecule has 1 nitrogen and oxygen atoms in total. The van der Waals surface area contributed by atoms with E-state index in [2.05, 4.69) is 0 Å². The van der Waals surface area contributed by atoms with Gasteiger partial charge < -0.3 is 5.11 Å². The van der Waals surface area contributed by atoms with Crippen LogP contribution in [0.3, 0.4) is 0 Å². The lowest BCUT2D eigenvalue weighted by atomic mass is 9.91. The Morgan fingerprint density at radius 1 is 0.700 bits per heavy atom. The average molecular weight is 316 g/mol. The van der Waals surface area contributed by atoms with Crippen LogP contribution in [0.2, 0.25) is 0 Å². The van der Waals surface area contributed by atoms with Gasteiger partial charge in [-0.1, -0.05) is 0 Å². The maximum Gasteiger partial charge on any atom is 0.430 e. The van der Waals surface area contributed by atoms with Crippen LogP contribution in [0.1, 0.15) is 5.56 Å². The monoisotopic (exact) mass is 316 g/mol. The fourth-order valence-electron chi connectivity index (χ4n) is 1.34. The summed E-state index contributed by atoms with van der Waals surface area (Å²) in [6.45, 7) is 0. The van der Waals surface area contributed by atoms with Crippen molar-refractivity contribution in [2.24, 2.45) is 0 Å². The number of halogens is 10. The highest BCUT2D eigenvalue weighted by atomic mass is 19.4. The minimum absolute atomic E-state index is 0.596. The molecule has 0 atom stereocenters. The third kappa shape index (κ3) is 2.19. The lowest BCUT2D eigenvalue weighted by Crippen LogP contribution is -2.55. The first-order valence-corrected chi connectivity index (χ1v) is 4.44. The average Bonchev–Trinajstić information content (AvgIpc) is 2.23. The molecule has 11 heteroatoms. The summed E-state index contributed by atoms with van der Waals surface area (Å²) in [5.74, 6) is -11.0. The van der Waals surface area contributed by atoms with Crippen LogP contribution >= 0.6 is 0 Å². The Morgan fingerprint density at radius 2 is 1.00 bits per heavy atom. The molecule has 0 saturated heterocycles. The molecule has 1 N–H and O–H groups in total. The van der Waals surface area contributed by atoms with Crippen LogP contribution in [0.25, 0.3) is 0 Å². The summed E-state index contributed by atoms with van der Waals surface area (Å²) in [6, 6.07) is -0.596. The van der Waals surface area contributed by atoms with Crippen molar-refractivity contribution in [1.82, 2.24) is 0 Å². The second kappa shape index (κ2) is 4.50. The van der Waals surface area contributed by atoms with E-state index in [0.717, 1.165) is 0 Å². The topological polar surface area (TPSA) is 20.2 Å². The first-order valence-electron chi connectivity index (χ1n) is 4.44. The fourth-order valence-corrected chi connectivity index (χ4v) is 1.34. The number of alkyl halides is 6. The van der Waals surface area contributed by atoms with Gasteiger partial charge in [0.2, 0.25) is 0 Å². The first kappa shape index (κ1) is 16.5. The molecule has 1 aromatic carbocycles. The quantitative estimate of drug-likeness (QED) is 0.620. The van der Waals surface area contributed by atoms with Crippen molar-refractivity contribution in [2.75, 3.05) is 0 Å². The highest BCUT2D eigenvalue weighted by Crippen LogP contribution is 2.51. The van der Waals surface area contributed by atoms with E-state index in [0.29, 0.717) is 0 Å². The van der Waals surface area contributed by atoms with Gasteiger partial charge in [0.25, 0.3) is 5.60 Å². The van der Waals surface area contributed by atoms with Crippen LogP contribution in [0.15, 0.2) is 6.07 Å². The van der Waals surface area contributed by atoms with Crippen molar-refractivity contribution in [1.29, 1.82) is 0 Å².